The van der Waals surface area contributed by atoms with Crippen LogP contribution in [0.3, 0.4) is 0 Å². The molecular weight excluding hydrogens is 310 g/mol. The average Bonchev–Trinajstić information content (AvgIpc) is 3.03. The molecular formula is C17H31N3O2S. The first kappa shape index (κ1) is 19.9. The first-order valence-corrected chi connectivity index (χ1v) is 9.25. The maximum absolute atomic E-state index is 10.5. The summed E-state index contributed by atoms with van der Waals surface area (Å²) in [7, 11) is 0. The van der Waals surface area contributed by atoms with Gasteiger partial charge >= 0.3 is 0 Å². The number of nitrogens with zero attached hydrogens (tertiary/aromatic N) is 1. The van der Waals surface area contributed by atoms with Gasteiger partial charge in [0.05, 0.1) is 13.2 Å². The lowest BCUT2D eigenvalue weighted by molar-refractivity contribution is 0.0677. The van der Waals surface area contributed by atoms with E-state index in [9.17, 15) is 5.11 Å². The van der Waals surface area contributed by atoms with Crippen molar-refractivity contribution in [2.24, 2.45) is 10.9 Å². The number of aliphatic hydroxyl groups is 1. The molecule has 0 radical (unpaired) electrons. The summed E-state index contributed by atoms with van der Waals surface area (Å²) >= 11 is 1.58. The van der Waals surface area contributed by atoms with Crippen molar-refractivity contribution in [1.29, 1.82) is 0 Å². The van der Waals surface area contributed by atoms with E-state index >= 15 is 0 Å². The van der Waals surface area contributed by atoms with Crippen molar-refractivity contribution in [3.63, 3.8) is 0 Å². The third-order valence-electron chi connectivity index (χ3n) is 3.41. The molecule has 0 bridgehead atoms. The van der Waals surface area contributed by atoms with Crippen molar-refractivity contribution in [2.75, 3.05) is 32.8 Å². The third-order valence-corrected chi connectivity index (χ3v) is 4.09. The molecule has 1 heterocycles. The third kappa shape index (κ3) is 8.34. The number of nitrogens with one attached hydrogen (secondary N) is 2. The van der Waals surface area contributed by atoms with Crippen molar-refractivity contribution in [3.05, 3.63) is 22.4 Å². The Morgan fingerprint density at radius 2 is 2.17 bits per heavy atom. The lowest BCUT2D eigenvalue weighted by atomic mass is 10.00. The van der Waals surface area contributed by atoms with Crippen LogP contribution in [0.5, 0.6) is 0 Å². The molecule has 23 heavy (non-hydrogen) atoms. The lowest BCUT2D eigenvalue weighted by Gasteiger charge is -2.21. The SMILES string of the molecule is CCNC(=NCC(C)(O)c1ccsc1)NCCOCCC(C)C. The summed E-state index contributed by atoms with van der Waals surface area (Å²) in [5.74, 6) is 1.37. The van der Waals surface area contributed by atoms with Gasteiger partial charge < -0.3 is 20.5 Å². The van der Waals surface area contributed by atoms with Gasteiger partial charge in [0, 0.05) is 19.7 Å². The first-order chi connectivity index (χ1) is 11.0. The smallest absolute Gasteiger partial charge is 0.191 e. The maximum Gasteiger partial charge on any atom is 0.191 e. The van der Waals surface area contributed by atoms with Crippen LogP contribution in [0.2, 0.25) is 0 Å². The van der Waals surface area contributed by atoms with Crippen LogP contribution in [0.15, 0.2) is 21.8 Å². The minimum Gasteiger partial charge on any atom is -0.383 e. The van der Waals surface area contributed by atoms with Crippen LogP contribution >= 0.6 is 11.3 Å². The number of aliphatic imine (C=N–C) groups is 1. The molecule has 0 saturated heterocycles. The summed E-state index contributed by atoms with van der Waals surface area (Å²) in [6.07, 6.45) is 1.08. The molecule has 0 amide bonds. The Labute approximate surface area is 144 Å². The van der Waals surface area contributed by atoms with Crippen LogP contribution in [0, 0.1) is 5.92 Å². The van der Waals surface area contributed by atoms with E-state index < -0.39 is 5.60 Å². The van der Waals surface area contributed by atoms with E-state index in [4.69, 9.17) is 4.74 Å². The van der Waals surface area contributed by atoms with E-state index in [1.807, 2.05) is 23.8 Å². The molecule has 132 valence electrons. The predicted octanol–water partition coefficient (Wildman–Crippen LogP) is 2.57. The average molecular weight is 342 g/mol. The van der Waals surface area contributed by atoms with Gasteiger partial charge in [0.2, 0.25) is 0 Å². The van der Waals surface area contributed by atoms with Crippen LogP contribution in [0.1, 0.15) is 39.7 Å². The van der Waals surface area contributed by atoms with Crippen molar-refractivity contribution < 1.29 is 9.84 Å². The second kappa shape index (κ2) is 10.6. The zero-order valence-electron chi connectivity index (χ0n) is 14.8. The standard InChI is InChI=1S/C17H31N3O2S/c1-5-18-16(19-8-10-22-9-6-14(2)3)20-13-17(4,21)15-7-11-23-12-15/h7,11-12,14,21H,5-6,8-10,13H2,1-4H3,(H2,18,19,20). The zero-order chi connectivity index (χ0) is 17.1. The van der Waals surface area contributed by atoms with Gasteiger partial charge in [0.1, 0.15) is 5.60 Å². The number of hydrogen-bond acceptors (Lipinski definition) is 4. The fourth-order valence-electron chi connectivity index (χ4n) is 1.90. The Kier molecular flexibility index (Phi) is 9.21. The van der Waals surface area contributed by atoms with Crippen molar-refractivity contribution >= 4 is 17.3 Å². The Bertz CT molecular complexity index is 445. The van der Waals surface area contributed by atoms with E-state index in [-0.39, 0.29) is 0 Å². The molecule has 1 unspecified atom stereocenters. The topological polar surface area (TPSA) is 65.9 Å². The predicted molar refractivity (Wildman–Crippen MR) is 98.1 cm³/mol. The molecule has 0 aliphatic heterocycles. The van der Waals surface area contributed by atoms with E-state index in [2.05, 4.69) is 29.5 Å². The van der Waals surface area contributed by atoms with Crippen LogP contribution in [-0.4, -0.2) is 43.9 Å². The molecule has 0 saturated carbocycles. The highest BCUT2D eigenvalue weighted by Gasteiger charge is 2.23. The molecule has 1 aromatic heterocycles. The summed E-state index contributed by atoms with van der Waals surface area (Å²) in [4.78, 5) is 4.48. The molecule has 0 spiro atoms. The quantitative estimate of drug-likeness (QED) is 0.348. The Morgan fingerprint density at radius 3 is 2.78 bits per heavy atom. The van der Waals surface area contributed by atoms with Crippen molar-refractivity contribution in [2.45, 2.75) is 39.7 Å². The van der Waals surface area contributed by atoms with Crippen molar-refractivity contribution in [1.82, 2.24) is 10.6 Å². The molecule has 0 aliphatic carbocycles. The Balaban J connectivity index is 2.38. The molecule has 0 aromatic carbocycles. The highest BCUT2D eigenvalue weighted by atomic mass is 32.1. The summed E-state index contributed by atoms with van der Waals surface area (Å²) in [6.45, 7) is 11.4. The second-order valence-electron chi connectivity index (χ2n) is 6.20. The van der Waals surface area contributed by atoms with Gasteiger partial charge in [-0.1, -0.05) is 13.8 Å². The number of thiophene rings is 1. The van der Waals surface area contributed by atoms with E-state index in [1.165, 1.54) is 0 Å². The molecule has 1 aromatic rings. The van der Waals surface area contributed by atoms with E-state index in [0.717, 1.165) is 25.1 Å². The zero-order valence-corrected chi connectivity index (χ0v) is 15.6. The Hall–Kier alpha value is -1.11. The highest BCUT2D eigenvalue weighted by molar-refractivity contribution is 7.08. The summed E-state index contributed by atoms with van der Waals surface area (Å²) < 4.78 is 5.58. The molecule has 3 N–H and O–H groups in total. The van der Waals surface area contributed by atoms with Gasteiger partial charge in [-0.25, -0.2) is 4.99 Å². The number of guanidine groups is 1. The first-order valence-electron chi connectivity index (χ1n) is 8.30. The maximum atomic E-state index is 10.5. The molecule has 1 rings (SSSR count). The minimum atomic E-state index is -0.948. The lowest BCUT2D eigenvalue weighted by Crippen LogP contribution is -2.40. The highest BCUT2D eigenvalue weighted by Crippen LogP contribution is 2.23. The molecule has 0 fully saturated rings. The fraction of sp³-hybridized carbons (Fsp3) is 0.706. The van der Waals surface area contributed by atoms with Crippen molar-refractivity contribution in [3.8, 4) is 0 Å². The van der Waals surface area contributed by atoms with Gasteiger partial charge in [-0.2, -0.15) is 11.3 Å². The normalized spacial score (nSPS) is 14.8. The van der Waals surface area contributed by atoms with Gasteiger partial charge in [-0.3, -0.25) is 0 Å². The number of rotatable bonds is 10. The monoisotopic (exact) mass is 341 g/mol. The van der Waals surface area contributed by atoms with Crippen LogP contribution in [-0.2, 0) is 10.3 Å². The second-order valence-corrected chi connectivity index (χ2v) is 6.98. The van der Waals surface area contributed by atoms with E-state index in [1.54, 1.807) is 18.3 Å². The number of hydrogen-bond donors (Lipinski definition) is 3. The van der Waals surface area contributed by atoms with Crippen LogP contribution in [0.4, 0.5) is 0 Å². The molecule has 6 heteroatoms. The van der Waals surface area contributed by atoms with Crippen LogP contribution < -0.4 is 10.6 Å². The molecule has 5 nitrogen and oxygen atoms in total. The summed E-state index contributed by atoms with van der Waals surface area (Å²) in [6, 6.07) is 1.93. The van der Waals surface area contributed by atoms with Gasteiger partial charge in [0.15, 0.2) is 5.96 Å². The van der Waals surface area contributed by atoms with Crippen LogP contribution in [0.25, 0.3) is 0 Å². The van der Waals surface area contributed by atoms with Gasteiger partial charge in [-0.05, 0) is 48.6 Å². The minimum absolute atomic E-state index is 0.313. The van der Waals surface area contributed by atoms with Gasteiger partial charge in [-0.15, -0.1) is 0 Å². The van der Waals surface area contributed by atoms with E-state index in [0.29, 0.717) is 31.6 Å². The number of ether oxygens (including phenoxy) is 1. The Morgan fingerprint density at radius 1 is 1.39 bits per heavy atom. The summed E-state index contributed by atoms with van der Waals surface area (Å²) in [5, 5.41) is 20.8. The van der Waals surface area contributed by atoms with Gasteiger partial charge in [0.25, 0.3) is 0 Å². The molecule has 0 aliphatic rings. The molecule has 1 atom stereocenters. The largest absolute Gasteiger partial charge is 0.383 e. The fourth-order valence-corrected chi connectivity index (χ4v) is 2.68. The summed E-state index contributed by atoms with van der Waals surface area (Å²) in [5.41, 5.74) is -0.0463.